The van der Waals surface area contributed by atoms with Gasteiger partial charge in [0, 0.05) is 28.6 Å². The summed E-state index contributed by atoms with van der Waals surface area (Å²) in [6.45, 7) is 4.14. The van der Waals surface area contributed by atoms with Crippen molar-refractivity contribution < 1.29 is 0 Å². The Balaban J connectivity index is 2.11. The Labute approximate surface area is 111 Å². The van der Waals surface area contributed by atoms with Gasteiger partial charge in [-0.1, -0.05) is 6.92 Å². The molecule has 0 aliphatic carbocycles. The van der Waals surface area contributed by atoms with Gasteiger partial charge in [0.2, 0.25) is 0 Å². The zero-order chi connectivity index (χ0) is 13.0. The third kappa shape index (κ3) is 3.13. The zero-order valence-corrected chi connectivity index (χ0v) is 11.5. The summed E-state index contributed by atoms with van der Waals surface area (Å²) in [5, 5.41) is 0. The highest BCUT2D eigenvalue weighted by Gasteiger charge is 2.14. The van der Waals surface area contributed by atoms with Gasteiger partial charge in [-0.2, -0.15) is 0 Å². The maximum absolute atomic E-state index is 5.60. The molecule has 0 bridgehead atoms. The Morgan fingerprint density at radius 3 is 2.50 bits per heavy atom. The monoisotopic (exact) mass is 262 g/mol. The summed E-state index contributed by atoms with van der Waals surface area (Å²) in [6.07, 6.45) is 5.54. The molecular weight excluding hydrogens is 244 g/mol. The molecule has 0 spiro atoms. The van der Waals surface area contributed by atoms with Crippen molar-refractivity contribution in [3.05, 3.63) is 45.7 Å². The first-order valence-corrected chi connectivity index (χ1v) is 6.86. The summed E-state index contributed by atoms with van der Waals surface area (Å²) in [5.74, 6) is 6.35. The lowest BCUT2D eigenvalue weighted by Gasteiger charge is -2.13. The van der Waals surface area contributed by atoms with E-state index in [2.05, 4.69) is 34.5 Å². The minimum Gasteiger partial charge on any atom is -0.271 e. The fraction of sp³-hybridized carbons (Fsp3) is 0.385. The van der Waals surface area contributed by atoms with Crippen molar-refractivity contribution in [2.75, 3.05) is 0 Å². The van der Waals surface area contributed by atoms with Gasteiger partial charge in [0.25, 0.3) is 0 Å². The second kappa shape index (κ2) is 6.04. The zero-order valence-electron chi connectivity index (χ0n) is 10.7. The van der Waals surface area contributed by atoms with Gasteiger partial charge in [-0.05, 0) is 31.0 Å². The molecule has 96 valence electrons. The van der Waals surface area contributed by atoms with Crippen LogP contribution in [0.15, 0.2) is 24.5 Å². The maximum Gasteiger partial charge on any atom is 0.146 e. The Hall–Kier alpha value is -1.30. The number of aryl methyl sites for hydroxylation is 2. The Morgan fingerprint density at radius 2 is 1.94 bits per heavy atom. The smallest absolute Gasteiger partial charge is 0.146 e. The Kier molecular flexibility index (Phi) is 4.41. The van der Waals surface area contributed by atoms with Crippen molar-refractivity contribution in [2.45, 2.75) is 32.7 Å². The van der Waals surface area contributed by atoms with E-state index < -0.39 is 0 Å². The fourth-order valence-electron chi connectivity index (χ4n) is 1.73. The van der Waals surface area contributed by atoms with Crippen LogP contribution in [-0.4, -0.2) is 9.97 Å². The average molecular weight is 262 g/mol. The fourth-order valence-corrected chi connectivity index (χ4v) is 2.73. The Morgan fingerprint density at radius 1 is 1.28 bits per heavy atom. The third-order valence-corrected chi connectivity index (χ3v) is 4.04. The molecule has 2 rings (SSSR count). The maximum atomic E-state index is 5.60. The largest absolute Gasteiger partial charge is 0.271 e. The number of nitrogens with zero attached hydrogens (tertiary/aromatic N) is 2. The van der Waals surface area contributed by atoms with Crippen molar-refractivity contribution in [2.24, 2.45) is 5.84 Å². The molecule has 1 unspecified atom stereocenters. The van der Waals surface area contributed by atoms with E-state index in [1.54, 1.807) is 0 Å². The van der Waals surface area contributed by atoms with Gasteiger partial charge in [-0.15, -0.1) is 11.3 Å². The first-order valence-electron chi connectivity index (χ1n) is 6.05. The molecule has 0 aliphatic heterocycles. The van der Waals surface area contributed by atoms with Crippen LogP contribution in [0.3, 0.4) is 0 Å². The van der Waals surface area contributed by atoms with Crippen LogP contribution >= 0.6 is 11.3 Å². The number of nitrogens with one attached hydrogen (secondary N) is 1. The van der Waals surface area contributed by atoms with Crippen LogP contribution in [0, 0.1) is 6.92 Å². The SMILES string of the molecule is CCc1ccc(CC(NN)c2ncc(C)cn2)s1. The third-order valence-electron chi connectivity index (χ3n) is 2.78. The molecule has 0 aromatic carbocycles. The molecule has 2 aromatic heterocycles. The average Bonchev–Trinajstić information content (AvgIpc) is 2.85. The lowest BCUT2D eigenvalue weighted by molar-refractivity contribution is 0.525. The minimum absolute atomic E-state index is 0.0334. The number of aromatic nitrogens is 2. The molecule has 0 saturated carbocycles. The van der Waals surface area contributed by atoms with E-state index in [0.717, 1.165) is 24.2 Å². The van der Waals surface area contributed by atoms with E-state index in [9.17, 15) is 0 Å². The molecular formula is C13H18N4S. The van der Waals surface area contributed by atoms with Crippen LogP contribution in [0.5, 0.6) is 0 Å². The summed E-state index contributed by atoms with van der Waals surface area (Å²) in [7, 11) is 0. The number of hydrogen-bond donors (Lipinski definition) is 2. The highest BCUT2D eigenvalue weighted by molar-refractivity contribution is 7.11. The first-order chi connectivity index (χ1) is 8.72. The van der Waals surface area contributed by atoms with Crippen LogP contribution < -0.4 is 11.3 Å². The first kappa shape index (κ1) is 13.1. The topological polar surface area (TPSA) is 63.8 Å². The second-order valence-corrected chi connectivity index (χ2v) is 5.52. The van der Waals surface area contributed by atoms with Crippen molar-refractivity contribution in [1.82, 2.24) is 15.4 Å². The van der Waals surface area contributed by atoms with Gasteiger partial charge in [-0.3, -0.25) is 5.84 Å². The van der Waals surface area contributed by atoms with E-state index in [0.29, 0.717) is 0 Å². The van der Waals surface area contributed by atoms with E-state index in [1.807, 2.05) is 30.7 Å². The standard InChI is InChI=1S/C13H18N4S/c1-3-10-4-5-11(18-10)6-12(17-14)13-15-7-9(2)8-16-13/h4-5,7-8,12,17H,3,6,14H2,1-2H3. The van der Waals surface area contributed by atoms with Crippen LogP contribution in [0.4, 0.5) is 0 Å². The molecule has 4 nitrogen and oxygen atoms in total. The molecule has 3 N–H and O–H groups in total. The Bertz CT molecular complexity index is 492. The highest BCUT2D eigenvalue weighted by atomic mass is 32.1. The molecule has 2 heterocycles. The lowest BCUT2D eigenvalue weighted by atomic mass is 10.1. The van der Waals surface area contributed by atoms with Gasteiger partial charge < -0.3 is 0 Å². The number of hydrogen-bond acceptors (Lipinski definition) is 5. The minimum atomic E-state index is -0.0334. The summed E-state index contributed by atoms with van der Waals surface area (Å²) >= 11 is 1.82. The molecule has 0 fully saturated rings. The van der Waals surface area contributed by atoms with Crippen LogP contribution in [-0.2, 0) is 12.8 Å². The van der Waals surface area contributed by atoms with E-state index in [-0.39, 0.29) is 6.04 Å². The molecule has 0 amide bonds. The highest BCUT2D eigenvalue weighted by Crippen LogP contribution is 2.22. The molecule has 0 radical (unpaired) electrons. The van der Waals surface area contributed by atoms with Crippen LogP contribution in [0.2, 0.25) is 0 Å². The summed E-state index contributed by atoms with van der Waals surface area (Å²) < 4.78 is 0. The van der Waals surface area contributed by atoms with Gasteiger partial charge in [0.1, 0.15) is 5.82 Å². The molecule has 0 aliphatic rings. The summed E-state index contributed by atoms with van der Waals surface area (Å²) in [5.41, 5.74) is 3.85. The van der Waals surface area contributed by atoms with Gasteiger partial charge >= 0.3 is 0 Å². The predicted molar refractivity (Wildman–Crippen MR) is 74.2 cm³/mol. The number of nitrogens with two attached hydrogens (primary N) is 1. The van der Waals surface area contributed by atoms with Crippen LogP contribution in [0.1, 0.15) is 34.1 Å². The van der Waals surface area contributed by atoms with Crippen molar-refractivity contribution in [3.63, 3.8) is 0 Å². The lowest BCUT2D eigenvalue weighted by Crippen LogP contribution is -2.30. The van der Waals surface area contributed by atoms with Crippen LogP contribution in [0.25, 0.3) is 0 Å². The normalized spacial score (nSPS) is 12.6. The molecule has 0 saturated heterocycles. The van der Waals surface area contributed by atoms with E-state index in [4.69, 9.17) is 5.84 Å². The quantitative estimate of drug-likeness (QED) is 0.640. The summed E-state index contributed by atoms with van der Waals surface area (Å²) in [6, 6.07) is 4.29. The van der Waals surface area contributed by atoms with Crippen molar-refractivity contribution in [1.29, 1.82) is 0 Å². The number of rotatable bonds is 5. The van der Waals surface area contributed by atoms with E-state index in [1.165, 1.54) is 9.75 Å². The molecule has 1 atom stereocenters. The predicted octanol–water partition coefficient (Wildman–Crippen LogP) is 2.16. The van der Waals surface area contributed by atoms with E-state index >= 15 is 0 Å². The summed E-state index contributed by atoms with van der Waals surface area (Å²) in [4.78, 5) is 11.3. The van der Waals surface area contributed by atoms with Crippen molar-refractivity contribution in [3.8, 4) is 0 Å². The molecule has 18 heavy (non-hydrogen) atoms. The molecule has 5 heteroatoms. The van der Waals surface area contributed by atoms with Gasteiger partial charge in [0.05, 0.1) is 6.04 Å². The van der Waals surface area contributed by atoms with Gasteiger partial charge in [-0.25, -0.2) is 15.4 Å². The number of thiophene rings is 1. The van der Waals surface area contributed by atoms with Gasteiger partial charge in [0.15, 0.2) is 0 Å². The molecule has 2 aromatic rings. The number of hydrazine groups is 1. The second-order valence-electron chi connectivity index (χ2n) is 4.26. The van der Waals surface area contributed by atoms with Crippen molar-refractivity contribution >= 4 is 11.3 Å².